The van der Waals surface area contributed by atoms with Crippen LogP contribution >= 0.6 is 0 Å². The lowest BCUT2D eigenvalue weighted by Crippen LogP contribution is -2.48. The second kappa shape index (κ2) is 7.54. The second-order valence-electron chi connectivity index (χ2n) is 8.41. The number of nitrogens with one attached hydrogen (secondary N) is 1. The van der Waals surface area contributed by atoms with E-state index in [0.717, 1.165) is 24.8 Å². The van der Waals surface area contributed by atoms with E-state index in [1.165, 1.54) is 12.1 Å². The van der Waals surface area contributed by atoms with E-state index in [2.05, 4.69) is 4.98 Å². The Labute approximate surface area is 169 Å². The van der Waals surface area contributed by atoms with E-state index in [0.29, 0.717) is 37.4 Å². The molecule has 1 unspecified atom stereocenters. The molecule has 1 atom stereocenters. The van der Waals surface area contributed by atoms with Gasteiger partial charge >= 0.3 is 0 Å². The molecule has 154 valence electrons. The Kier molecular flexibility index (Phi) is 5.06. The van der Waals surface area contributed by atoms with Gasteiger partial charge < -0.3 is 19.9 Å². The molecule has 3 heterocycles. The van der Waals surface area contributed by atoms with Gasteiger partial charge in [-0.3, -0.25) is 9.59 Å². The molecule has 0 saturated carbocycles. The van der Waals surface area contributed by atoms with Gasteiger partial charge in [-0.25, -0.2) is 4.39 Å². The average molecular weight is 399 g/mol. The Balaban J connectivity index is 1.42. The highest BCUT2D eigenvalue weighted by Gasteiger charge is 2.44. The lowest BCUT2D eigenvalue weighted by molar-refractivity contribution is -0.133. The third-order valence-electron chi connectivity index (χ3n) is 6.21. The van der Waals surface area contributed by atoms with E-state index < -0.39 is 11.6 Å². The van der Waals surface area contributed by atoms with Crippen LogP contribution in [0.2, 0.25) is 0 Å². The monoisotopic (exact) mass is 399 g/mol. The minimum atomic E-state index is -0.713. The molecule has 2 amide bonds. The first-order valence-corrected chi connectivity index (χ1v) is 10.1. The predicted octanol–water partition coefficient (Wildman–Crippen LogP) is 2.87. The Morgan fingerprint density at radius 3 is 2.76 bits per heavy atom. The van der Waals surface area contributed by atoms with E-state index in [-0.39, 0.29) is 23.7 Å². The number of amides is 2. The van der Waals surface area contributed by atoms with Crippen molar-refractivity contribution >= 4 is 11.8 Å². The number of aryl methyl sites for hydroxylation is 1. The summed E-state index contributed by atoms with van der Waals surface area (Å²) in [5, 5.41) is 9.86. The molecular weight excluding hydrogens is 373 g/mol. The van der Waals surface area contributed by atoms with E-state index in [4.69, 9.17) is 0 Å². The van der Waals surface area contributed by atoms with Crippen LogP contribution in [0.5, 0.6) is 5.75 Å². The van der Waals surface area contributed by atoms with Gasteiger partial charge in [0, 0.05) is 43.4 Å². The summed E-state index contributed by atoms with van der Waals surface area (Å²) in [5.41, 5.74) is 1.84. The average Bonchev–Trinajstić information content (AvgIpc) is 3.32. The van der Waals surface area contributed by atoms with Crippen LogP contribution in [0.4, 0.5) is 4.39 Å². The first kappa shape index (κ1) is 19.5. The molecule has 2 N–H and O–H groups in total. The maximum absolute atomic E-state index is 13.6. The second-order valence-corrected chi connectivity index (χ2v) is 8.41. The van der Waals surface area contributed by atoms with Crippen LogP contribution < -0.4 is 0 Å². The van der Waals surface area contributed by atoms with Crippen molar-refractivity contribution in [1.29, 1.82) is 0 Å². The van der Waals surface area contributed by atoms with Crippen LogP contribution in [-0.2, 0) is 11.2 Å². The van der Waals surface area contributed by atoms with E-state index in [1.807, 2.05) is 24.1 Å². The SMILES string of the molecule is Cc1c[nH]c(C(=O)N2CCC3(CCCN(C(=O)Cc4cccc(F)c4O)C3)C2)c1. The lowest BCUT2D eigenvalue weighted by Gasteiger charge is -2.40. The topological polar surface area (TPSA) is 76.6 Å². The van der Waals surface area contributed by atoms with Gasteiger partial charge in [0.1, 0.15) is 5.69 Å². The van der Waals surface area contributed by atoms with Gasteiger partial charge in [0.25, 0.3) is 5.91 Å². The molecule has 7 heteroatoms. The number of hydrogen-bond donors (Lipinski definition) is 2. The van der Waals surface area contributed by atoms with Gasteiger partial charge in [0.15, 0.2) is 11.6 Å². The first-order valence-electron chi connectivity index (χ1n) is 10.1. The molecule has 4 rings (SSSR count). The number of H-pyrrole nitrogens is 1. The smallest absolute Gasteiger partial charge is 0.270 e. The molecule has 2 aromatic rings. The summed E-state index contributed by atoms with van der Waals surface area (Å²) in [6.07, 6.45) is 4.53. The quantitative estimate of drug-likeness (QED) is 0.833. The number of aromatic amines is 1. The van der Waals surface area contributed by atoms with Crippen LogP contribution in [0.15, 0.2) is 30.5 Å². The Morgan fingerprint density at radius 2 is 2.00 bits per heavy atom. The fraction of sp³-hybridized carbons (Fsp3) is 0.455. The molecule has 0 aliphatic carbocycles. The molecule has 2 aliphatic heterocycles. The molecule has 1 aromatic carbocycles. The molecule has 2 aliphatic rings. The minimum absolute atomic E-state index is 0.00288. The third-order valence-corrected chi connectivity index (χ3v) is 6.21. The van der Waals surface area contributed by atoms with Gasteiger partial charge in [-0.2, -0.15) is 0 Å². The number of para-hydroxylation sites is 1. The number of aromatic nitrogens is 1. The highest BCUT2D eigenvalue weighted by Crippen LogP contribution is 2.39. The van der Waals surface area contributed by atoms with E-state index >= 15 is 0 Å². The van der Waals surface area contributed by atoms with Gasteiger partial charge in [-0.05, 0) is 43.9 Å². The minimum Gasteiger partial charge on any atom is -0.505 e. The molecular formula is C22H26FN3O3. The highest BCUT2D eigenvalue weighted by molar-refractivity contribution is 5.93. The number of carbonyl (C=O) groups excluding carboxylic acids is 2. The van der Waals surface area contributed by atoms with Crippen LogP contribution in [-0.4, -0.2) is 57.9 Å². The Bertz CT molecular complexity index is 941. The Hall–Kier alpha value is -2.83. The van der Waals surface area contributed by atoms with Gasteiger partial charge in [0.05, 0.1) is 6.42 Å². The van der Waals surface area contributed by atoms with Crippen molar-refractivity contribution in [3.8, 4) is 5.75 Å². The highest BCUT2D eigenvalue weighted by atomic mass is 19.1. The summed E-state index contributed by atoms with van der Waals surface area (Å²) in [6.45, 7) is 4.51. The fourth-order valence-corrected chi connectivity index (χ4v) is 4.64. The Morgan fingerprint density at radius 1 is 1.21 bits per heavy atom. The number of aromatic hydroxyl groups is 1. The van der Waals surface area contributed by atoms with Crippen molar-refractivity contribution in [2.24, 2.45) is 5.41 Å². The molecule has 1 aromatic heterocycles. The number of carbonyl (C=O) groups is 2. The zero-order valence-electron chi connectivity index (χ0n) is 16.6. The largest absolute Gasteiger partial charge is 0.505 e. The number of rotatable bonds is 3. The standard InChI is InChI=1S/C22H26FN3O3/c1-15-10-18(24-12-15)21(29)26-9-7-22(14-26)6-3-8-25(13-22)19(27)11-16-4-2-5-17(23)20(16)28/h2,4-5,10,12,24,28H,3,6-9,11,13-14H2,1H3. The molecule has 2 saturated heterocycles. The predicted molar refractivity (Wildman–Crippen MR) is 106 cm³/mol. The van der Waals surface area contributed by atoms with Crippen molar-refractivity contribution < 1.29 is 19.1 Å². The van der Waals surface area contributed by atoms with Gasteiger partial charge in [0.2, 0.25) is 5.91 Å². The van der Waals surface area contributed by atoms with Gasteiger partial charge in [-0.15, -0.1) is 0 Å². The van der Waals surface area contributed by atoms with Crippen molar-refractivity contribution in [3.63, 3.8) is 0 Å². The number of halogens is 1. The van der Waals surface area contributed by atoms with E-state index in [9.17, 15) is 19.1 Å². The first-order chi connectivity index (χ1) is 13.9. The summed E-state index contributed by atoms with van der Waals surface area (Å²) in [7, 11) is 0. The van der Waals surface area contributed by atoms with Crippen molar-refractivity contribution in [2.45, 2.75) is 32.6 Å². The number of likely N-dealkylation sites (tertiary alicyclic amines) is 2. The maximum atomic E-state index is 13.6. The summed E-state index contributed by atoms with van der Waals surface area (Å²) < 4.78 is 13.6. The van der Waals surface area contributed by atoms with Crippen molar-refractivity contribution in [3.05, 3.63) is 53.1 Å². The summed E-state index contributed by atoms with van der Waals surface area (Å²) in [4.78, 5) is 32.3. The van der Waals surface area contributed by atoms with E-state index in [1.54, 1.807) is 11.0 Å². The summed E-state index contributed by atoms with van der Waals surface area (Å²) >= 11 is 0. The fourth-order valence-electron chi connectivity index (χ4n) is 4.64. The van der Waals surface area contributed by atoms with Crippen LogP contribution in [0.1, 0.15) is 40.9 Å². The normalized spacial score (nSPS) is 21.7. The number of nitrogens with zero attached hydrogens (tertiary/aromatic N) is 2. The summed E-state index contributed by atoms with van der Waals surface area (Å²) in [6, 6.07) is 6.10. The zero-order chi connectivity index (χ0) is 20.6. The number of phenols is 1. The third kappa shape index (κ3) is 3.86. The number of hydrogen-bond acceptors (Lipinski definition) is 3. The van der Waals surface area contributed by atoms with Crippen LogP contribution in [0.25, 0.3) is 0 Å². The molecule has 1 spiro atoms. The zero-order valence-corrected chi connectivity index (χ0v) is 16.6. The molecule has 29 heavy (non-hydrogen) atoms. The van der Waals surface area contributed by atoms with Crippen LogP contribution in [0, 0.1) is 18.2 Å². The molecule has 2 fully saturated rings. The van der Waals surface area contributed by atoms with Crippen LogP contribution in [0.3, 0.4) is 0 Å². The lowest BCUT2D eigenvalue weighted by atomic mass is 9.79. The van der Waals surface area contributed by atoms with Crippen molar-refractivity contribution in [1.82, 2.24) is 14.8 Å². The van der Waals surface area contributed by atoms with Gasteiger partial charge in [-0.1, -0.05) is 12.1 Å². The number of piperidine rings is 1. The molecule has 6 nitrogen and oxygen atoms in total. The maximum Gasteiger partial charge on any atom is 0.270 e. The number of phenolic OH excluding ortho intramolecular Hbond substituents is 1. The summed E-state index contributed by atoms with van der Waals surface area (Å²) in [5.74, 6) is -1.28. The molecule has 0 radical (unpaired) electrons. The molecule has 0 bridgehead atoms. The van der Waals surface area contributed by atoms with Crippen molar-refractivity contribution in [2.75, 3.05) is 26.2 Å². The number of benzene rings is 1.